The number of hydrogen-bond donors (Lipinski definition) is 1. The molecule has 8 heavy (non-hydrogen) atoms. The summed E-state index contributed by atoms with van der Waals surface area (Å²) in [7, 11) is -0.527. The number of amides is 1. The Kier molecular flexibility index (Phi) is 3.52. The van der Waals surface area contributed by atoms with E-state index in [0.717, 1.165) is 6.04 Å². The fourth-order valence-electron chi connectivity index (χ4n) is 0.431. The lowest BCUT2D eigenvalue weighted by molar-refractivity contribution is -0.117. The van der Waals surface area contributed by atoms with Crippen molar-refractivity contribution in [3.05, 3.63) is 0 Å². The van der Waals surface area contributed by atoms with Crippen molar-refractivity contribution in [2.24, 2.45) is 5.73 Å². The maximum Gasteiger partial charge on any atom is 0.217 e. The molecule has 0 atom stereocenters. The highest BCUT2D eigenvalue weighted by Crippen LogP contribution is 1.94. The molecular weight excluding hydrogens is 118 g/mol. The molecule has 0 heterocycles. The third-order valence-electron chi connectivity index (χ3n) is 0.968. The second kappa shape index (κ2) is 3.66. The zero-order chi connectivity index (χ0) is 6.57. The first-order valence-electron chi connectivity index (χ1n) is 2.91. The smallest absolute Gasteiger partial charge is 0.217 e. The molecular formula is C5H13NOSi. The highest BCUT2D eigenvalue weighted by molar-refractivity contribution is 6.55. The molecule has 1 amide bonds. The van der Waals surface area contributed by atoms with Crippen LogP contribution in [0.4, 0.5) is 0 Å². The standard InChI is InChI=1S/C5H13NOSi/c1-8(2)4-3-5(6)7/h8H,3-4H2,1-2H3,(H2,6,7). The lowest BCUT2D eigenvalue weighted by Crippen LogP contribution is -2.12. The van der Waals surface area contributed by atoms with E-state index in [1.807, 2.05) is 0 Å². The molecule has 0 aromatic carbocycles. The maximum atomic E-state index is 10.1. The third-order valence-corrected chi connectivity index (χ3v) is 2.41. The van der Waals surface area contributed by atoms with Crippen molar-refractivity contribution in [1.82, 2.24) is 0 Å². The topological polar surface area (TPSA) is 43.1 Å². The van der Waals surface area contributed by atoms with Gasteiger partial charge in [0.05, 0.1) is 0 Å². The predicted octanol–water partition coefficient (Wildman–Crippen LogP) is 0.348. The first-order chi connectivity index (χ1) is 3.63. The molecule has 0 rings (SSSR count). The Morgan fingerprint density at radius 1 is 1.62 bits per heavy atom. The van der Waals surface area contributed by atoms with Gasteiger partial charge in [0.25, 0.3) is 0 Å². The molecule has 0 spiro atoms. The molecule has 0 unspecified atom stereocenters. The summed E-state index contributed by atoms with van der Waals surface area (Å²) in [5.41, 5.74) is 4.92. The summed E-state index contributed by atoms with van der Waals surface area (Å²) in [4.78, 5) is 10.1. The van der Waals surface area contributed by atoms with E-state index in [0.29, 0.717) is 6.42 Å². The minimum absolute atomic E-state index is 0.161. The van der Waals surface area contributed by atoms with E-state index >= 15 is 0 Å². The van der Waals surface area contributed by atoms with Crippen molar-refractivity contribution in [2.45, 2.75) is 25.6 Å². The summed E-state index contributed by atoms with van der Waals surface area (Å²) in [6.45, 7) is 4.42. The van der Waals surface area contributed by atoms with Crippen LogP contribution in [0.2, 0.25) is 19.1 Å². The van der Waals surface area contributed by atoms with E-state index in [-0.39, 0.29) is 5.91 Å². The number of nitrogens with two attached hydrogens (primary N) is 1. The SMILES string of the molecule is C[SiH](C)CCC(N)=O. The Hall–Kier alpha value is -0.313. The van der Waals surface area contributed by atoms with Crippen LogP contribution >= 0.6 is 0 Å². The summed E-state index contributed by atoms with van der Waals surface area (Å²) in [5.74, 6) is -0.161. The maximum absolute atomic E-state index is 10.1. The summed E-state index contributed by atoms with van der Waals surface area (Å²) in [6.07, 6.45) is 0.587. The van der Waals surface area contributed by atoms with Crippen molar-refractivity contribution >= 4 is 14.7 Å². The Balaban J connectivity index is 3.05. The number of carbonyl (C=O) groups is 1. The quantitative estimate of drug-likeness (QED) is 0.552. The zero-order valence-corrected chi connectivity index (χ0v) is 6.63. The minimum Gasteiger partial charge on any atom is -0.370 e. The fourth-order valence-corrected chi connectivity index (χ4v) is 1.29. The second-order valence-electron chi connectivity index (χ2n) is 2.40. The van der Waals surface area contributed by atoms with Crippen molar-refractivity contribution in [1.29, 1.82) is 0 Å². The molecule has 2 N–H and O–H groups in total. The Morgan fingerprint density at radius 3 is 2.25 bits per heavy atom. The van der Waals surface area contributed by atoms with Gasteiger partial charge in [0, 0.05) is 15.2 Å². The van der Waals surface area contributed by atoms with Crippen LogP contribution in [-0.4, -0.2) is 14.7 Å². The fraction of sp³-hybridized carbons (Fsp3) is 0.800. The van der Waals surface area contributed by atoms with Crippen LogP contribution in [0.15, 0.2) is 0 Å². The lowest BCUT2D eigenvalue weighted by Gasteiger charge is -1.96. The van der Waals surface area contributed by atoms with E-state index in [4.69, 9.17) is 5.73 Å². The van der Waals surface area contributed by atoms with Crippen LogP contribution in [0, 0.1) is 0 Å². The molecule has 2 nitrogen and oxygen atoms in total. The Labute approximate surface area is 51.7 Å². The van der Waals surface area contributed by atoms with E-state index in [9.17, 15) is 4.79 Å². The molecule has 0 saturated carbocycles. The number of rotatable bonds is 3. The van der Waals surface area contributed by atoms with Crippen molar-refractivity contribution in [3.63, 3.8) is 0 Å². The molecule has 0 fully saturated rings. The molecule has 0 aromatic heterocycles. The first kappa shape index (κ1) is 7.69. The van der Waals surface area contributed by atoms with Crippen molar-refractivity contribution < 1.29 is 4.79 Å². The Bertz CT molecular complexity index is 82.5. The summed E-state index contributed by atoms with van der Waals surface area (Å²) >= 11 is 0. The van der Waals surface area contributed by atoms with Crippen LogP contribution in [0.1, 0.15) is 6.42 Å². The molecule has 0 aliphatic rings. The molecule has 0 aromatic rings. The molecule has 0 saturated heterocycles. The van der Waals surface area contributed by atoms with Gasteiger partial charge in [-0.05, 0) is 0 Å². The van der Waals surface area contributed by atoms with Gasteiger partial charge in [0.1, 0.15) is 0 Å². The second-order valence-corrected chi connectivity index (χ2v) is 5.76. The largest absolute Gasteiger partial charge is 0.370 e. The van der Waals surface area contributed by atoms with Crippen molar-refractivity contribution in [2.75, 3.05) is 0 Å². The van der Waals surface area contributed by atoms with Gasteiger partial charge in [-0.2, -0.15) is 0 Å². The average Bonchev–Trinajstić information content (AvgIpc) is 1.61. The predicted molar refractivity (Wildman–Crippen MR) is 37.5 cm³/mol. The third kappa shape index (κ3) is 5.69. The molecule has 48 valence electrons. The van der Waals surface area contributed by atoms with Gasteiger partial charge < -0.3 is 5.73 Å². The lowest BCUT2D eigenvalue weighted by atomic mass is 10.5. The molecule has 0 bridgehead atoms. The zero-order valence-electron chi connectivity index (χ0n) is 5.48. The van der Waals surface area contributed by atoms with Gasteiger partial charge in [0.2, 0.25) is 5.91 Å². The highest BCUT2D eigenvalue weighted by Gasteiger charge is 1.97. The van der Waals surface area contributed by atoms with Gasteiger partial charge in [-0.15, -0.1) is 0 Å². The van der Waals surface area contributed by atoms with E-state index < -0.39 is 8.80 Å². The van der Waals surface area contributed by atoms with Gasteiger partial charge in [0.15, 0.2) is 0 Å². The normalized spacial score (nSPS) is 9.88. The van der Waals surface area contributed by atoms with Crippen molar-refractivity contribution in [3.8, 4) is 0 Å². The average molecular weight is 131 g/mol. The summed E-state index contributed by atoms with van der Waals surface area (Å²) in [6, 6.07) is 1.05. The van der Waals surface area contributed by atoms with E-state index in [1.54, 1.807) is 0 Å². The molecule has 0 radical (unpaired) electrons. The molecule has 3 heteroatoms. The minimum atomic E-state index is -0.527. The first-order valence-corrected chi connectivity index (χ1v) is 6.04. The number of primary amides is 1. The van der Waals surface area contributed by atoms with Crippen LogP contribution in [0.5, 0.6) is 0 Å². The van der Waals surface area contributed by atoms with E-state index in [1.165, 1.54) is 0 Å². The monoisotopic (exact) mass is 131 g/mol. The molecule has 0 aliphatic carbocycles. The highest BCUT2D eigenvalue weighted by atomic mass is 28.3. The Morgan fingerprint density at radius 2 is 2.12 bits per heavy atom. The summed E-state index contributed by atoms with van der Waals surface area (Å²) in [5, 5.41) is 0. The number of carbonyl (C=O) groups excluding carboxylic acids is 1. The number of hydrogen-bond acceptors (Lipinski definition) is 1. The van der Waals surface area contributed by atoms with Gasteiger partial charge in [-0.25, -0.2) is 0 Å². The van der Waals surface area contributed by atoms with E-state index in [2.05, 4.69) is 13.1 Å². The van der Waals surface area contributed by atoms with Crippen LogP contribution in [-0.2, 0) is 4.79 Å². The van der Waals surface area contributed by atoms with Crippen LogP contribution < -0.4 is 5.73 Å². The van der Waals surface area contributed by atoms with Gasteiger partial charge >= 0.3 is 0 Å². The van der Waals surface area contributed by atoms with Crippen LogP contribution in [0.3, 0.4) is 0 Å². The van der Waals surface area contributed by atoms with Gasteiger partial charge in [-0.3, -0.25) is 4.79 Å². The van der Waals surface area contributed by atoms with Crippen LogP contribution in [0.25, 0.3) is 0 Å². The van der Waals surface area contributed by atoms with Gasteiger partial charge in [-0.1, -0.05) is 19.1 Å². The summed E-state index contributed by atoms with van der Waals surface area (Å²) < 4.78 is 0. The molecule has 0 aliphatic heterocycles.